The normalized spacial score (nSPS) is 15.7. The van der Waals surface area contributed by atoms with Crippen LogP contribution in [0.15, 0.2) is 41.3 Å². The van der Waals surface area contributed by atoms with Gasteiger partial charge < -0.3 is 9.88 Å². The molecule has 3 heterocycles. The fourth-order valence-corrected chi connectivity index (χ4v) is 3.66. The van der Waals surface area contributed by atoms with Gasteiger partial charge in [-0.05, 0) is 36.5 Å². The van der Waals surface area contributed by atoms with Gasteiger partial charge in [-0.2, -0.15) is 22.9 Å². The molecular formula is C19H16F3N5O. The summed E-state index contributed by atoms with van der Waals surface area (Å²) in [6, 6.07) is 8.74. The minimum Gasteiger partial charge on any atom is -0.354 e. The lowest BCUT2D eigenvalue weighted by atomic mass is 9.89. The molecule has 1 aliphatic heterocycles. The van der Waals surface area contributed by atoms with Crippen LogP contribution >= 0.6 is 0 Å². The van der Waals surface area contributed by atoms with Crippen LogP contribution in [0.5, 0.6) is 0 Å². The highest BCUT2D eigenvalue weighted by molar-refractivity contribution is 5.68. The van der Waals surface area contributed by atoms with E-state index >= 15 is 0 Å². The average molecular weight is 387 g/mol. The Morgan fingerprint density at radius 3 is 2.43 bits per heavy atom. The van der Waals surface area contributed by atoms with E-state index < -0.39 is 11.7 Å². The number of nitrogens with one attached hydrogen (secondary N) is 1. The molecule has 4 rings (SSSR count). The number of nitrogens with zero attached hydrogens (tertiary/aromatic N) is 4. The quantitative estimate of drug-likeness (QED) is 0.732. The third kappa shape index (κ3) is 3.11. The molecule has 0 unspecified atom stereocenters. The molecular weight excluding hydrogens is 371 g/mol. The third-order valence-electron chi connectivity index (χ3n) is 5.14. The standard InChI is InChI=1S/C19H16F3N5O/c20-19(21,22)14-3-1-12(2-4-14)13-6-9-26(10-7-13)18-15(11-23)17-24-8-5-16(28)27(17)25-18/h1-5,8,13,24H,6-7,9-10H2. The summed E-state index contributed by atoms with van der Waals surface area (Å²) in [6.45, 7) is 1.19. The zero-order valence-electron chi connectivity index (χ0n) is 14.7. The number of benzene rings is 1. The van der Waals surface area contributed by atoms with Crippen molar-refractivity contribution >= 4 is 11.5 Å². The molecule has 28 heavy (non-hydrogen) atoms. The maximum atomic E-state index is 12.7. The summed E-state index contributed by atoms with van der Waals surface area (Å²) in [5.74, 6) is 0.593. The predicted molar refractivity (Wildman–Crippen MR) is 96.2 cm³/mol. The van der Waals surface area contributed by atoms with Gasteiger partial charge in [0.25, 0.3) is 5.56 Å². The summed E-state index contributed by atoms with van der Waals surface area (Å²) in [7, 11) is 0. The van der Waals surface area contributed by atoms with Gasteiger partial charge in [0.15, 0.2) is 11.5 Å². The maximum absolute atomic E-state index is 12.7. The van der Waals surface area contributed by atoms with Crippen molar-refractivity contribution in [2.45, 2.75) is 24.9 Å². The second-order valence-electron chi connectivity index (χ2n) is 6.77. The highest BCUT2D eigenvalue weighted by Crippen LogP contribution is 2.34. The van der Waals surface area contributed by atoms with Crippen molar-refractivity contribution in [1.29, 1.82) is 5.26 Å². The Hall–Kier alpha value is -3.28. The number of H-pyrrole nitrogens is 1. The third-order valence-corrected chi connectivity index (χ3v) is 5.14. The van der Waals surface area contributed by atoms with Crippen molar-refractivity contribution in [3.63, 3.8) is 0 Å². The molecule has 0 bridgehead atoms. The van der Waals surface area contributed by atoms with E-state index in [1.165, 1.54) is 28.9 Å². The van der Waals surface area contributed by atoms with Crippen molar-refractivity contribution < 1.29 is 13.2 Å². The monoisotopic (exact) mass is 387 g/mol. The summed E-state index contributed by atoms with van der Waals surface area (Å²) in [5.41, 5.74) is 0.566. The van der Waals surface area contributed by atoms with Gasteiger partial charge >= 0.3 is 6.18 Å². The number of fused-ring (bicyclic) bond motifs is 1. The SMILES string of the molecule is N#Cc1c(N2CCC(c3ccc(C(F)(F)F)cc3)CC2)nn2c(=O)cc[nH]c12. The van der Waals surface area contributed by atoms with Crippen molar-refractivity contribution in [3.05, 3.63) is 63.6 Å². The smallest absolute Gasteiger partial charge is 0.354 e. The lowest BCUT2D eigenvalue weighted by Crippen LogP contribution is -2.33. The molecule has 0 spiro atoms. The predicted octanol–water partition coefficient (Wildman–Crippen LogP) is 3.30. The number of hydrogen-bond donors (Lipinski definition) is 1. The minimum absolute atomic E-state index is 0.141. The Labute approximate surface area is 157 Å². The average Bonchev–Trinajstić information content (AvgIpc) is 3.07. The van der Waals surface area contributed by atoms with Crippen LogP contribution in [0.3, 0.4) is 0 Å². The zero-order chi connectivity index (χ0) is 19.9. The topological polar surface area (TPSA) is 77.2 Å². The van der Waals surface area contributed by atoms with Crippen LogP contribution in [0.25, 0.3) is 5.65 Å². The summed E-state index contributed by atoms with van der Waals surface area (Å²) in [4.78, 5) is 16.8. The summed E-state index contributed by atoms with van der Waals surface area (Å²) in [5, 5.41) is 13.8. The van der Waals surface area contributed by atoms with Gasteiger partial charge in [0.1, 0.15) is 11.6 Å². The molecule has 6 nitrogen and oxygen atoms in total. The van der Waals surface area contributed by atoms with Crippen molar-refractivity contribution in [2.24, 2.45) is 0 Å². The molecule has 1 fully saturated rings. The second-order valence-corrected chi connectivity index (χ2v) is 6.77. The fraction of sp³-hybridized carbons (Fsp3) is 0.316. The van der Waals surface area contributed by atoms with Crippen molar-refractivity contribution in [1.82, 2.24) is 14.6 Å². The van der Waals surface area contributed by atoms with E-state index in [1.807, 2.05) is 4.90 Å². The molecule has 144 valence electrons. The Morgan fingerprint density at radius 1 is 1.14 bits per heavy atom. The van der Waals surface area contributed by atoms with Gasteiger partial charge in [-0.25, -0.2) is 0 Å². The molecule has 1 aliphatic rings. The number of nitriles is 1. The number of aromatic amines is 1. The van der Waals surface area contributed by atoms with Crippen LogP contribution in [0.2, 0.25) is 0 Å². The Bertz CT molecular complexity index is 1100. The van der Waals surface area contributed by atoms with E-state index in [0.29, 0.717) is 30.1 Å². The molecule has 1 aromatic carbocycles. The van der Waals surface area contributed by atoms with E-state index in [1.54, 1.807) is 0 Å². The second kappa shape index (κ2) is 6.71. The Kier molecular flexibility index (Phi) is 4.34. The highest BCUT2D eigenvalue weighted by atomic mass is 19.4. The molecule has 1 N–H and O–H groups in total. The number of rotatable bonds is 2. The van der Waals surface area contributed by atoms with Crippen molar-refractivity contribution in [2.75, 3.05) is 18.0 Å². The summed E-state index contributed by atoms with van der Waals surface area (Å²) >= 11 is 0. The van der Waals surface area contributed by atoms with Gasteiger partial charge in [-0.15, -0.1) is 5.10 Å². The molecule has 0 radical (unpaired) electrons. The van der Waals surface area contributed by atoms with Crippen LogP contribution in [-0.4, -0.2) is 27.7 Å². The highest BCUT2D eigenvalue weighted by Gasteiger charge is 2.31. The Balaban J connectivity index is 1.53. The van der Waals surface area contributed by atoms with Gasteiger partial charge in [-0.1, -0.05) is 12.1 Å². The molecule has 3 aromatic rings. The fourth-order valence-electron chi connectivity index (χ4n) is 3.66. The van der Waals surface area contributed by atoms with Crippen LogP contribution in [0.4, 0.5) is 19.0 Å². The van der Waals surface area contributed by atoms with E-state index in [4.69, 9.17) is 0 Å². The number of halogens is 3. The van der Waals surface area contributed by atoms with E-state index in [9.17, 15) is 23.2 Å². The summed E-state index contributed by atoms with van der Waals surface area (Å²) < 4.78 is 39.3. The molecule has 0 atom stereocenters. The van der Waals surface area contributed by atoms with Gasteiger partial charge in [0.05, 0.1) is 5.56 Å². The van der Waals surface area contributed by atoms with Crippen LogP contribution in [-0.2, 0) is 6.18 Å². The number of alkyl halides is 3. The Morgan fingerprint density at radius 2 is 1.82 bits per heavy atom. The molecule has 0 aliphatic carbocycles. The van der Waals surface area contributed by atoms with E-state index in [-0.39, 0.29) is 11.5 Å². The van der Waals surface area contributed by atoms with Crippen LogP contribution in [0, 0.1) is 11.3 Å². The first-order valence-electron chi connectivity index (χ1n) is 8.81. The molecule has 0 amide bonds. The number of anilines is 1. The number of aromatic nitrogens is 3. The largest absolute Gasteiger partial charge is 0.416 e. The first kappa shape index (κ1) is 18.1. The van der Waals surface area contributed by atoms with Gasteiger partial charge in [0.2, 0.25) is 0 Å². The maximum Gasteiger partial charge on any atom is 0.416 e. The van der Waals surface area contributed by atoms with Gasteiger partial charge in [0, 0.05) is 25.4 Å². The minimum atomic E-state index is -4.34. The van der Waals surface area contributed by atoms with Crippen LogP contribution < -0.4 is 10.5 Å². The van der Waals surface area contributed by atoms with Crippen LogP contribution in [0.1, 0.15) is 35.4 Å². The number of hydrogen-bond acceptors (Lipinski definition) is 4. The summed E-state index contributed by atoms with van der Waals surface area (Å²) in [6.07, 6.45) is -1.42. The molecule has 2 aromatic heterocycles. The molecule has 1 saturated heterocycles. The van der Waals surface area contributed by atoms with E-state index in [2.05, 4.69) is 16.2 Å². The number of piperidine rings is 1. The first-order chi connectivity index (χ1) is 13.4. The van der Waals surface area contributed by atoms with Gasteiger partial charge in [-0.3, -0.25) is 4.79 Å². The molecule has 0 saturated carbocycles. The molecule has 9 heteroatoms. The van der Waals surface area contributed by atoms with Crippen molar-refractivity contribution in [3.8, 4) is 6.07 Å². The lowest BCUT2D eigenvalue weighted by Gasteiger charge is -2.32. The first-order valence-corrected chi connectivity index (χ1v) is 8.81. The lowest BCUT2D eigenvalue weighted by molar-refractivity contribution is -0.137. The van der Waals surface area contributed by atoms with E-state index in [0.717, 1.165) is 30.5 Å². The zero-order valence-corrected chi connectivity index (χ0v) is 14.7.